The SMILES string of the molecule is CCn1ncc(Cc2nccnc2Cl)c1Br. The monoisotopic (exact) mass is 300 g/mol. The topological polar surface area (TPSA) is 43.6 Å². The van der Waals surface area contributed by atoms with Gasteiger partial charge in [-0.15, -0.1) is 0 Å². The van der Waals surface area contributed by atoms with Crippen LogP contribution in [0.25, 0.3) is 0 Å². The highest BCUT2D eigenvalue weighted by molar-refractivity contribution is 9.10. The molecule has 0 amide bonds. The van der Waals surface area contributed by atoms with Crippen LogP contribution in [0.2, 0.25) is 5.15 Å². The molecule has 0 radical (unpaired) electrons. The van der Waals surface area contributed by atoms with Crippen molar-refractivity contribution in [2.45, 2.75) is 19.9 Å². The third-order valence-electron chi connectivity index (χ3n) is 2.23. The Labute approximate surface area is 107 Å². The van der Waals surface area contributed by atoms with Gasteiger partial charge in [-0.2, -0.15) is 5.10 Å². The van der Waals surface area contributed by atoms with Gasteiger partial charge in [-0.25, -0.2) is 4.98 Å². The highest BCUT2D eigenvalue weighted by atomic mass is 79.9. The lowest BCUT2D eigenvalue weighted by molar-refractivity contribution is 0.644. The van der Waals surface area contributed by atoms with E-state index in [1.165, 1.54) is 0 Å². The van der Waals surface area contributed by atoms with Gasteiger partial charge in [0.15, 0.2) is 5.15 Å². The Bertz CT molecular complexity index is 497. The molecule has 2 aromatic rings. The van der Waals surface area contributed by atoms with Gasteiger partial charge in [0.2, 0.25) is 0 Å². The summed E-state index contributed by atoms with van der Waals surface area (Å²) in [6.45, 7) is 2.87. The molecule has 84 valence electrons. The van der Waals surface area contributed by atoms with Crippen molar-refractivity contribution >= 4 is 27.5 Å². The zero-order chi connectivity index (χ0) is 11.5. The summed E-state index contributed by atoms with van der Waals surface area (Å²) >= 11 is 9.45. The number of hydrogen-bond donors (Lipinski definition) is 0. The molecule has 0 spiro atoms. The van der Waals surface area contributed by atoms with Crippen LogP contribution in [0, 0.1) is 0 Å². The second-order valence-corrected chi connectivity index (χ2v) is 4.36. The van der Waals surface area contributed by atoms with Gasteiger partial charge >= 0.3 is 0 Å². The van der Waals surface area contributed by atoms with E-state index in [2.05, 4.69) is 31.0 Å². The Morgan fingerprint density at radius 2 is 2.12 bits per heavy atom. The summed E-state index contributed by atoms with van der Waals surface area (Å²) in [7, 11) is 0. The van der Waals surface area contributed by atoms with Crippen LogP contribution in [0.3, 0.4) is 0 Å². The quantitative estimate of drug-likeness (QED) is 0.875. The average Bonchev–Trinajstić information content (AvgIpc) is 2.63. The fourth-order valence-electron chi connectivity index (χ4n) is 1.40. The molecule has 0 aromatic carbocycles. The fourth-order valence-corrected chi connectivity index (χ4v) is 2.15. The molecule has 16 heavy (non-hydrogen) atoms. The molecule has 0 saturated heterocycles. The first-order chi connectivity index (χ1) is 7.72. The van der Waals surface area contributed by atoms with Crippen LogP contribution < -0.4 is 0 Å². The second-order valence-electron chi connectivity index (χ2n) is 3.25. The van der Waals surface area contributed by atoms with Gasteiger partial charge in [-0.1, -0.05) is 11.6 Å². The van der Waals surface area contributed by atoms with Crippen LogP contribution in [0.4, 0.5) is 0 Å². The van der Waals surface area contributed by atoms with Crippen LogP contribution in [-0.2, 0) is 13.0 Å². The van der Waals surface area contributed by atoms with Crippen molar-refractivity contribution in [3.63, 3.8) is 0 Å². The van der Waals surface area contributed by atoms with Crippen molar-refractivity contribution < 1.29 is 0 Å². The predicted octanol–water partition coefficient (Wildman–Crippen LogP) is 2.70. The second kappa shape index (κ2) is 4.93. The first-order valence-corrected chi connectivity index (χ1v) is 6.05. The van der Waals surface area contributed by atoms with Crippen LogP contribution in [0.1, 0.15) is 18.2 Å². The fraction of sp³-hybridized carbons (Fsp3) is 0.300. The van der Waals surface area contributed by atoms with E-state index in [-0.39, 0.29) is 0 Å². The molecule has 0 aliphatic carbocycles. The molecule has 0 atom stereocenters. The zero-order valence-electron chi connectivity index (χ0n) is 8.69. The molecule has 2 heterocycles. The van der Waals surface area contributed by atoms with Gasteiger partial charge in [0.25, 0.3) is 0 Å². The zero-order valence-corrected chi connectivity index (χ0v) is 11.0. The number of hydrogen-bond acceptors (Lipinski definition) is 3. The number of aryl methyl sites for hydroxylation is 1. The third kappa shape index (κ3) is 2.25. The van der Waals surface area contributed by atoms with Gasteiger partial charge in [0.1, 0.15) is 4.60 Å². The van der Waals surface area contributed by atoms with Crippen molar-refractivity contribution in [2.75, 3.05) is 0 Å². The maximum absolute atomic E-state index is 5.95. The largest absolute Gasteiger partial charge is 0.258 e. The van der Waals surface area contributed by atoms with Crippen LogP contribution in [-0.4, -0.2) is 19.7 Å². The third-order valence-corrected chi connectivity index (χ3v) is 3.46. The highest BCUT2D eigenvalue weighted by Crippen LogP contribution is 2.21. The molecule has 0 fully saturated rings. The molecule has 0 unspecified atom stereocenters. The molecule has 6 heteroatoms. The lowest BCUT2D eigenvalue weighted by Gasteiger charge is -2.01. The lowest BCUT2D eigenvalue weighted by Crippen LogP contribution is -1.98. The summed E-state index contributed by atoms with van der Waals surface area (Å²) < 4.78 is 2.84. The molecule has 0 aliphatic heterocycles. The summed E-state index contributed by atoms with van der Waals surface area (Å²) in [6.07, 6.45) is 5.67. The normalized spacial score (nSPS) is 10.7. The first-order valence-electron chi connectivity index (χ1n) is 4.88. The Kier molecular flexibility index (Phi) is 3.56. The van der Waals surface area contributed by atoms with E-state index < -0.39 is 0 Å². The van der Waals surface area contributed by atoms with Crippen molar-refractivity contribution in [2.24, 2.45) is 0 Å². The van der Waals surface area contributed by atoms with E-state index >= 15 is 0 Å². The summed E-state index contributed by atoms with van der Waals surface area (Å²) in [6, 6.07) is 0. The standard InChI is InChI=1S/C10H10BrClN4/c1-2-16-9(11)7(6-15-16)5-8-10(12)14-4-3-13-8/h3-4,6H,2,5H2,1H3. The first kappa shape index (κ1) is 11.5. The van der Waals surface area contributed by atoms with Crippen LogP contribution >= 0.6 is 27.5 Å². The van der Waals surface area contributed by atoms with Crippen LogP contribution in [0.15, 0.2) is 23.2 Å². The van der Waals surface area contributed by atoms with Crippen molar-refractivity contribution in [1.82, 2.24) is 19.7 Å². The van der Waals surface area contributed by atoms with E-state index in [1.807, 2.05) is 17.8 Å². The number of halogens is 2. The minimum atomic E-state index is 0.443. The highest BCUT2D eigenvalue weighted by Gasteiger charge is 2.10. The lowest BCUT2D eigenvalue weighted by atomic mass is 10.2. The molecule has 0 N–H and O–H groups in total. The van der Waals surface area contributed by atoms with Gasteiger partial charge < -0.3 is 0 Å². The summed E-state index contributed by atoms with van der Waals surface area (Å²) in [4.78, 5) is 8.19. The minimum absolute atomic E-state index is 0.443. The summed E-state index contributed by atoms with van der Waals surface area (Å²) in [5.74, 6) is 0. The predicted molar refractivity (Wildman–Crippen MR) is 65.4 cm³/mol. The maximum Gasteiger partial charge on any atom is 0.150 e. The van der Waals surface area contributed by atoms with E-state index in [0.29, 0.717) is 11.6 Å². The van der Waals surface area contributed by atoms with E-state index in [0.717, 1.165) is 22.4 Å². The maximum atomic E-state index is 5.95. The summed E-state index contributed by atoms with van der Waals surface area (Å²) in [5.41, 5.74) is 1.82. The molecule has 2 rings (SSSR count). The molecule has 0 bridgehead atoms. The Morgan fingerprint density at radius 3 is 2.75 bits per heavy atom. The van der Waals surface area contributed by atoms with E-state index in [4.69, 9.17) is 11.6 Å². The molecular weight excluding hydrogens is 291 g/mol. The molecule has 0 saturated carbocycles. The molecular formula is C10H10BrClN4. The summed E-state index contributed by atoms with van der Waals surface area (Å²) in [5, 5.41) is 4.68. The number of aromatic nitrogens is 4. The van der Waals surface area contributed by atoms with E-state index in [1.54, 1.807) is 12.4 Å². The Hall–Kier alpha value is -0.940. The van der Waals surface area contributed by atoms with Crippen molar-refractivity contribution in [3.05, 3.63) is 39.6 Å². The van der Waals surface area contributed by atoms with Crippen molar-refractivity contribution in [3.8, 4) is 0 Å². The number of rotatable bonds is 3. The number of nitrogens with zero attached hydrogens (tertiary/aromatic N) is 4. The minimum Gasteiger partial charge on any atom is -0.258 e. The van der Waals surface area contributed by atoms with Gasteiger partial charge in [-0.3, -0.25) is 9.67 Å². The Balaban J connectivity index is 2.27. The average molecular weight is 302 g/mol. The van der Waals surface area contributed by atoms with Crippen LogP contribution in [0.5, 0.6) is 0 Å². The molecule has 0 aliphatic rings. The van der Waals surface area contributed by atoms with Crippen molar-refractivity contribution in [1.29, 1.82) is 0 Å². The molecule has 2 aromatic heterocycles. The smallest absolute Gasteiger partial charge is 0.150 e. The Morgan fingerprint density at radius 1 is 1.38 bits per heavy atom. The molecule has 4 nitrogen and oxygen atoms in total. The van der Waals surface area contributed by atoms with E-state index in [9.17, 15) is 0 Å². The van der Waals surface area contributed by atoms with Gasteiger partial charge in [0, 0.05) is 30.9 Å². The van der Waals surface area contributed by atoms with Gasteiger partial charge in [-0.05, 0) is 22.9 Å². The van der Waals surface area contributed by atoms with Gasteiger partial charge in [0.05, 0.1) is 11.9 Å².